The van der Waals surface area contributed by atoms with E-state index in [0.717, 1.165) is 5.56 Å². The molecule has 1 aliphatic rings. The zero-order valence-electron chi connectivity index (χ0n) is 21.5. The number of esters is 2. The maximum Gasteiger partial charge on any atom is 0.344 e. The first-order valence-corrected chi connectivity index (χ1v) is 11.7. The van der Waals surface area contributed by atoms with Gasteiger partial charge in [-0.25, -0.2) is 4.79 Å². The first-order chi connectivity index (χ1) is 17.0. The molecule has 0 heterocycles. The van der Waals surface area contributed by atoms with Crippen LogP contribution in [0.4, 0.5) is 0 Å². The van der Waals surface area contributed by atoms with Crippen molar-refractivity contribution in [3.8, 4) is 11.5 Å². The van der Waals surface area contributed by atoms with Gasteiger partial charge in [0.25, 0.3) is 0 Å². The van der Waals surface area contributed by atoms with Crippen LogP contribution in [-0.2, 0) is 20.7 Å². The van der Waals surface area contributed by atoms with Gasteiger partial charge < -0.3 is 14.2 Å². The van der Waals surface area contributed by atoms with Crippen molar-refractivity contribution in [2.24, 2.45) is 5.92 Å². The molecular weight excluding hydrogens is 460 g/mol. The van der Waals surface area contributed by atoms with Crippen LogP contribution in [0.5, 0.6) is 11.5 Å². The molecule has 0 saturated carbocycles. The maximum absolute atomic E-state index is 13.4. The molecule has 7 heteroatoms. The van der Waals surface area contributed by atoms with Gasteiger partial charge in [-0.3, -0.25) is 14.4 Å². The number of aryl methyl sites for hydroxylation is 2. The molecule has 0 N–H and O–H groups in total. The van der Waals surface area contributed by atoms with Crippen LogP contribution in [0.1, 0.15) is 50.7 Å². The second kappa shape index (κ2) is 9.22. The summed E-state index contributed by atoms with van der Waals surface area (Å²) >= 11 is 0. The molecule has 186 valence electrons. The number of hydrogen-bond acceptors (Lipinski definition) is 7. The SMILES string of the molecule is CCc1c(C)c(C(=O)Oc2cc(C)c3c(=O)c3c2C)c(C)c(C)c1OC(=O)C1C=CC(=O)C=C1OC. The van der Waals surface area contributed by atoms with Gasteiger partial charge in [0.2, 0.25) is 0 Å². The Balaban J connectivity index is 1.69. The Morgan fingerprint density at radius 2 is 1.61 bits per heavy atom. The summed E-state index contributed by atoms with van der Waals surface area (Å²) in [5.74, 6) is -1.26. The number of hydrogen-bond donors (Lipinski definition) is 0. The molecular formula is C29H28O7. The smallest absolute Gasteiger partial charge is 0.344 e. The van der Waals surface area contributed by atoms with Crippen LogP contribution in [0.3, 0.4) is 0 Å². The van der Waals surface area contributed by atoms with E-state index in [1.165, 1.54) is 25.3 Å². The summed E-state index contributed by atoms with van der Waals surface area (Å²) in [6.07, 6.45) is 4.54. The molecule has 0 aliphatic heterocycles. The first kappa shape index (κ1) is 25.1. The molecule has 0 bridgehead atoms. The van der Waals surface area contributed by atoms with Crippen LogP contribution in [0.15, 0.2) is 34.8 Å². The van der Waals surface area contributed by atoms with E-state index in [9.17, 15) is 19.2 Å². The highest BCUT2D eigenvalue weighted by atomic mass is 16.5. The zero-order chi connectivity index (χ0) is 26.5. The van der Waals surface area contributed by atoms with Gasteiger partial charge in [0, 0.05) is 22.4 Å². The summed E-state index contributed by atoms with van der Waals surface area (Å²) in [4.78, 5) is 50.1. The molecule has 0 spiro atoms. The van der Waals surface area contributed by atoms with Crippen LogP contribution in [0.2, 0.25) is 0 Å². The lowest BCUT2D eigenvalue weighted by Gasteiger charge is -2.23. The normalized spacial score (nSPS) is 15.4. The molecule has 4 rings (SSSR count). The molecule has 1 atom stereocenters. The number of methoxy groups -OCH3 is 1. The van der Waals surface area contributed by atoms with E-state index in [0.29, 0.717) is 62.1 Å². The van der Waals surface area contributed by atoms with Crippen molar-refractivity contribution >= 4 is 28.5 Å². The van der Waals surface area contributed by atoms with Crippen LogP contribution >= 0.6 is 0 Å². The Morgan fingerprint density at radius 3 is 2.25 bits per heavy atom. The van der Waals surface area contributed by atoms with Gasteiger partial charge in [0.05, 0.1) is 12.7 Å². The Labute approximate surface area is 209 Å². The molecule has 1 unspecified atom stereocenters. The van der Waals surface area contributed by atoms with Crippen molar-refractivity contribution in [2.75, 3.05) is 7.11 Å². The number of ketones is 1. The van der Waals surface area contributed by atoms with Gasteiger partial charge >= 0.3 is 11.9 Å². The maximum atomic E-state index is 13.4. The van der Waals surface area contributed by atoms with E-state index in [2.05, 4.69) is 0 Å². The van der Waals surface area contributed by atoms with Gasteiger partial charge in [-0.15, -0.1) is 0 Å². The molecule has 0 fully saturated rings. The minimum atomic E-state index is -0.845. The van der Waals surface area contributed by atoms with Crippen LogP contribution in [0, 0.1) is 40.5 Å². The molecule has 7 nitrogen and oxygen atoms in total. The summed E-state index contributed by atoms with van der Waals surface area (Å²) in [7, 11) is 1.40. The lowest BCUT2D eigenvalue weighted by Crippen LogP contribution is -2.25. The highest BCUT2D eigenvalue weighted by molar-refractivity contribution is 6.05. The van der Waals surface area contributed by atoms with Crippen molar-refractivity contribution in [3.63, 3.8) is 0 Å². The van der Waals surface area contributed by atoms with Gasteiger partial charge in [0.15, 0.2) is 11.2 Å². The van der Waals surface area contributed by atoms with Crippen molar-refractivity contribution in [3.05, 3.63) is 79.2 Å². The number of ether oxygens (including phenoxy) is 3. The number of carbonyl (C=O) groups is 3. The fraction of sp³-hybridized carbons (Fsp3) is 0.310. The summed E-state index contributed by atoms with van der Waals surface area (Å²) < 4.78 is 16.8. The fourth-order valence-electron chi connectivity index (χ4n) is 4.83. The largest absolute Gasteiger partial charge is 0.500 e. The molecule has 3 aromatic carbocycles. The number of carbonyl (C=O) groups excluding carboxylic acids is 3. The summed E-state index contributed by atoms with van der Waals surface area (Å²) in [5.41, 5.74) is 4.47. The van der Waals surface area contributed by atoms with Gasteiger partial charge in [-0.05, 0) is 81.0 Å². The predicted molar refractivity (Wildman–Crippen MR) is 135 cm³/mol. The van der Waals surface area contributed by atoms with Crippen molar-refractivity contribution in [1.29, 1.82) is 0 Å². The Kier molecular flexibility index (Phi) is 6.43. The lowest BCUT2D eigenvalue weighted by molar-refractivity contribution is -0.137. The molecule has 36 heavy (non-hydrogen) atoms. The second-order valence-corrected chi connectivity index (χ2v) is 9.11. The number of fused-ring (bicyclic) bond motifs is 1. The van der Waals surface area contributed by atoms with E-state index in [-0.39, 0.29) is 17.0 Å². The van der Waals surface area contributed by atoms with Crippen LogP contribution in [0.25, 0.3) is 10.8 Å². The third-order valence-electron chi connectivity index (χ3n) is 7.00. The van der Waals surface area contributed by atoms with E-state index in [1.807, 2.05) is 13.8 Å². The molecule has 1 aliphatic carbocycles. The third kappa shape index (κ3) is 4.04. The lowest BCUT2D eigenvalue weighted by atomic mass is 9.91. The number of allylic oxidation sites excluding steroid dienone is 2. The third-order valence-corrected chi connectivity index (χ3v) is 7.00. The van der Waals surface area contributed by atoms with Crippen molar-refractivity contribution in [1.82, 2.24) is 0 Å². The Hall–Kier alpha value is -4.00. The number of rotatable bonds is 6. The van der Waals surface area contributed by atoms with E-state index in [4.69, 9.17) is 14.2 Å². The quantitative estimate of drug-likeness (QED) is 0.370. The van der Waals surface area contributed by atoms with E-state index < -0.39 is 17.9 Å². The fourth-order valence-corrected chi connectivity index (χ4v) is 4.83. The predicted octanol–water partition coefficient (Wildman–Crippen LogP) is 4.59. The summed E-state index contributed by atoms with van der Waals surface area (Å²) in [6, 6.07) is 1.72. The zero-order valence-corrected chi connectivity index (χ0v) is 21.5. The summed E-state index contributed by atoms with van der Waals surface area (Å²) in [5, 5.41) is 1.33. The highest BCUT2D eigenvalue weighted by Gasteiger charge is 2.31. The highest BCUT2D eigenvalue weighted by Crippen LogP contribution is 2.37. The molecule has 0 radical (unpaired) electrons. The van der Waals surface area contributed by atoms with Crippen LogP contribution in [-0.4, -0.2) is 24.8 Å². The Morgan fingerprint density at radius 1 is 0.917 bits per heavy atom. The molecule has 0 saturated heterocycles. The van der Waals surface area contributed by atoms with Crippen molar-refractivity contribution < 1.29 is 28.6 Å². The molecule has 3 aromatic rings. The van der Waals surface area contributed by atoms with Gasteiger partial charge in [0.1, 0.15) is 23.2 Å². The van der Waals surface area contributed by atoms with E-state index >= 15 is 0 Å². The average molecular weight is 489 g/mol. The van der Waals surface area contributed by atoms with Gasteiger partial charge in [-0.2, -0.15) is 0 Å². The van der Waals surface area contributed by atoms with Gasteiger partial charge in [-0.1, -0.05) is 13.0 Å². The number of benzene rings is 2. The average Bonchev–Trinajstić information content (AvgIpc) is 3.52. The summed E-state index contributed by atoms with van der Waals surface area (Å²) in [6.45, 7) is 10.9. The standard InChI is InChI=1S/C29H28O7/c1-8-19-16(5)24(29(33)35-21-11-13(2)23-25(17(21)6)26(23)31)14(3)15(4)27(19)36-28(32)20-10-9-18(30)12-22(20)34-7/h9-12,20H,8H2,1-7H3. The van der Waals surface area contributed by atoms with Crippen molar-refractivity contribution in [2.45, 2.75) is 48.0 Å². The first-order valence-electron chi connectivity index (χ1n) is 11.7. The molecule has 0 aromatic heterocycles. The minimum Gasteiger partial charge on any atom is -0.500 e. The Bertz CT molecular complexity index is 1520. The van der Waals surface area contributed by atoms with Crippen LogP contribution < -0.4 is 14.9 Å². The molecule has 0 amide bonds. The monoisotopic (exact) mass is 488 g/mol. The second-order valence-electron chi connectivity index (χ2n) is 9.11. The van der Waals surface area contributed by atoms with E-state index in [1.54, 1.807) is 33.8 Å². The minimum absolute atomic E-state index is 0.00130. The topological polar surface area (TPSA) is 96.0 Å².